The van der Waals surface area contributed by atoms with E-state index in [1.807, 2.05) is 116 Å². The molecule has 0 saturated heterocycles. The molecule has 0 atom stereocenters. The standard InChI is InChI=1S/C39H50O9/c1-25-20-27(16-18-30(25)43-22-33(40)46-37(3,4)5)36(29-14-12-13-15-32(29)45-24-35(42)48-39(9,10)11)28-17-19-31(26(2)21-28)44-23-34(41)47-38(6,7)8/h12-21,36H,22-24H2,1-11H3. The van der Waals surface area contributed by atoms with Crippen LogP contribution in [0.25, 0.3) is 0 Å². The fourth-order valence-corrected chi connectivity index (χ4v) is 4.95. The summed E-state index contributed by atoms with van der Waals surface area (Å²) in [5.74, 6) is -0.0803. The fourth-order valence-electron chi connectivity index (χ4n) is 4.95. The number of hydrogen-bond donors (Lipinski definition) is 0. The zero-order valence-corrected chi connectivity index (χ0v) is 30.1. The van der Waals surface area contributed by atoms with E-state index in [9.17, 15) is 14.4 Å². The van der Waals surface area contributed by atoms with Crippen molar-refractivity contribution in [3.63, 3.8) is 0 Å². The zero-order chi connectivity index (χ0) is 35.9. The van der Waals surface area contributed by atoms with Crippen molar-refractivity contribution in [1.82, 2.24) is 0 Å². The molecule has 260 valence electrons. The van der Waals surface area contributed by atoms with Crippen LogP contribution in [0.1, 0.15) is 96.0 Å². The first kappa shape index (κ1) is 37.9. The number of benzene rings is 3. The Morgan fingerprint density at radius 1 is 0.521 bits per heavy atom. The minimum Gasteiger partial charge on any atom is -0.482 e. The monoisotopic (exact) mass is 662 g/mol. The Labute approximate surface area is 284 Å². The van der Waals surface area contributed by atoms with Crippen molar-refractivity contribution in [1.29, 1.82) is 0 Å². The maximum atomic E-state index is 12.5. The summed E-state index contributed by atoms with van der Waals surface area (Å²) in [5, 5.41) is 0. The second-order valence-electron chi connectivity index (χ2n) is 14.6. The highest BCUT2D eigenvalue weighted by molar-refractivity contribution is 5.72. The lowest BCUT2D eigenvalue weighted by Crippen LogP contribution is -2.27. The first-order chi connectivity index (χ1) is 22.2. The van der Waals surface area contributed by atoms with Crippen molar-refractivity contribution in [3.05, 3.63) is 88.5 Å². The van der Waals surface area contributed by atoms with Crippen LogP contribution in [0, 0.1) is 13.8 Å². The molecule has 0 radical (unpaired) electrons. The molecule has 0 aliphatic rings. The molecule has 0 spiro atoms. The average Bonchev–Trinajstić information content (AvgIpc) is 2.93. The van der Waals surface area contributed by atoms with Gasteiger partial charge in [-0.05, 0) is 117 Å². The largest absolute Gasteiger partial charge is 0.482 e. The van der Waals surface area contributed by atoms with Crippen LogP contribution in [0.2, 0.25) is 0 Å². The van der Waals surface area contributed by atoms with Crippen LogP contribution in [-0.4, -0.2) is 54.5 Å². The topological polar surface area (TPSA) is 107 Å². The zero-order valence-electron chi connectivity index (χ0n) is 30.1. The summed E-state index contributed by atoms with van der Waals surface area (Å²) >= 11 is 0. The SMILES string of the molecule is Cc1cc(C(c2ccc(OCC(=O)OC(C)(C)C)c(C)c2)c2ccccc2OCC(=O)OC(C)(C)C)ccc1OCC(=O)OC(C)(C)C. The normalized spacial score (nSPS) is 11.9. The number of carbonyl (C=O) groups excluding carboxylic acids is 3. The van der Waals surface area contributed by atoms with E-state index in [1.165, 1.54) is 0 Å². The van der Waals surface area contributed by atoms with Gasteiger partial charge in [0.15, 0.2) is 19.8 Å². The third-order valence-electron chi connectivity index (χ3n) is 6.59. The van der Waals surface area contributed by atoms with Gasteiger partial charge in [-0.25, -0.2) is 14.4 Å². The van der Waals surface area contributed by atoms with Gasteiger partial charge in [0.1, 0.15) is 34.1 Å². The van der Waals surface area contributed by atoms with Gasteiger partial charge in [-0.15, -0.1) is 0 Å². The van der Waals surface area contributed by atoms with Gasteiger partial charge in [0.2, 0.25) is 0 Å². The number of aryl methyl sites for hydroxylation is 2. The highest BCUT2D eigenvalue weighted by Gasteiger charge is 2.25. The Morgan fingerprint density at radius 2 is 0.875 bits per heavy atom. The summed E-state index contributed by atoms with van der Waals surface area (Å²) in [7, 11) is 0. The number of para-hydroxylation sites is 1. The highest BCUT2D eigenvalue weighted by atomic mass is 16.6. The van der Waals surface area contributed by atoms with Crippen molar-refractivity contribution >= 4 is 17.9 Å². The van der Waals surface area contributed by atoms with Crippen LogP contribution in [0.4, 0.5) is 0 Å². The molecule has 0 N–H and O–H groups in total. The van der Waals surface area contributed by atoms with E-state index in [-0.39, 0.29) is 25.7 Å². The number of esters is 3. The molecular weight excluding hydrogens is 612 g/mol. The molecular formula is C39H50O9. The third-order valence-corrected chi connectivity index (χ3v) is 6.59. The van der Waals surface area contributed by atoms with Crippen molar-refractivity contribution in [2.24, 2.45) is 0 Å². The van der Waals surface area contributed by atoms with Gasteiger partial charge in [0.25, 0.3) is 0 Å². The van der Waals surface area contributed by atoms with Gasteiger partial charge >= 0.3 is 17.9 Å². The molecule has 0 bridgehead atoms. The Morgan fingerprint density at radius 3 is 1.23 bits per heavy atom. The molecule has 3 rings (SSSR count). The van der Waals surface area contributed by atoms with E-state index in [4.69, 9.17) is 28.4 Å². The second kappa shape index (κ2) is 15.6. The van der Waals surface area contributed by atoms with Crippen LogP contribution in [0.3, 0.4) is 0 Å². The number of hydrogen-bond acceptors (Lipinski definition) is 9. The number of carbonyl (C=O) groups is 3. The molecule has 0 heterocycles. The molecule has 0 unspecified atom stereocenters. The molecule has 0 aliphatic carbocycles. The summed E-state index contributed by atoms with van der Waals surface area (Å²) < 4.78 is 33.9. The van der Waals surface area contributed by atoms with Crippen molar-refractivity contribution < 1.29 is 42.8 Å². The molecule has 0 fully saturated rings. The highest BCUT2D eigenvalue weighted by Crippen LogP contribution is 2.40. The van der Waals surface area contributed by atoms with Gasteiger partial charge in [-0.2, -0.15) is 0 Å². The quantitative estimate of drug-likeness (QED) is 0.110. The maximum Gasteiger partial charge on any atom is 0.344 e. The van der Waals surface area contributed by atoms with Gasteiger partial charge in [0, 0.05) is 11.5 Å². The first-order valence-electron chi connectivity index (χ1n) is 16.0. The van der Waals surface area contributed by atoms with Gasteiger partial charge in [-0.1, -0.05) is 42.5 Å². The summed E-state index contributed by atoms with van der Waals surface area (Å²) in [6, 6.07) is 19.1. The van der Waals surface area contributed by atoms with Gasteiger partial charge in [-0.3, -0.25) is 0 Å². The third kappa shape index (κ3) is 12.2. The van der Waals surface area contributed by atoms with E-state index in [2.05, 4.69) is 0 Å². The summed E-state index contributed by atoms with van der Waals surface area (Å²) in [6.07, 6.45) is 0. The van der Waals surface area contributed by atoms with Crippen LogP contribution >= 0.6 is 0 Å². The molecule has 0 amide bonds. The van der Waals surface area contributed by atoms with E-state index >= 15 is 0 Å². The Balaban J connectivity index is 1.98. The molecule has 9 nitrogen and oxygen atoms in total. The van der Waals surface area contributed by atoms with Crippen molar-refractivity contribution in [3.8, 4) is 17.2 Å². The van der Waals surface area contributed by atoms with Crippen molar-refractivity contribution in [2.75, 3.05) is 19.8 Å². The molecule has 48 heavy (non-hydrogen) atoms. The minimum absolute atomic E-state index is 0.216. The number of rotatable bonds is 12. The van der Waals surface area contributed by atoms with Crippen LogP contribution in [-0.2, 0) is 28.6 Å². The van der Waals surface area contributed by atoms with Crippen LogP contribution in [0.15, 0.2) is 60.7 Å². The lowest BCUT2D eigenvalue weighted by Gasteiger charge is -2.24. The number of ether oxygens (including phenoxy) is 6. The predicted octanol–water partition coefficient (Wildman–Crippen LogP) is 7.65. The summed E-state index contributed by atoms with van der Waals surface area (Å²) in [6.45, 7) is 19.4. The predicted molar refractivity (Wildman–Crippen MR) is 184 cm³/mol. The van der Waals surface area contributed by atoms with Crippen LogP contribution < -0.4 is 14.2 Å². The lowest BCUT2D eigenvalue weighted by atomic mass is 9.83. The summed E-state index contributed by atoms with van der Waals surface area (Å²) in [5.41, 5.74) is 2.45. The molecule has 3 aromatic rings. The lowest BCUT2D eigenvalue weighted by molar-refractivity contribution is -0.158. The second-order valence-corrected chi connectivity index (χ2v) is 14.6. The van der Waals surface area contributed by atoms with E-state index in [0.717, 1.165) is 27.8 Å². The Kier molecular flexibility index (Phi) is 12.3. The molecule has 9 heteroatoms. The molecule has 0 aliphatic heterocycles. The van der Waals surface area contributed by atoms with Gasteiger partial charge in [0.05, 0.1) is 0 Å². The first-order valence-corrected chi connectivity index (χ1v) is 16.0. The average molecular weight is 663 g/mol. The summed E-state index contributed by atoms with van der Waals surface area (Å²) in [4.78, 5) is 37.1. The van der Waals surface area contributed by atoms with Crippen molar-refractivity contribution in [2.45, 2.75) is 98.9 Å². The van der Waals surface area contributed by atoms with E-state index < -0.39 is 34.7 Å². The maximum absolute atomic E-state index is 12.5. The minimum atomic E-state index is -0.641. The smallest absolute Gasteiger partial charge is 0.344 e. The fraction of sp³-hybridized carbons (Fsp3) is 0.462. The molecule has 0 saturated carbocycles. The van der Waals surface area contributed by atoms with Crippen LogP contribution in [0.5, 0.6) is 17.2 Å². The molecule has 3 aromatic carbocycles. The Bertz CT molecular complexity index is 1500. The van der Waals surface area contributed by atoms with E-state index in [0.29, 0.717) is 17.2 Å². The van der Waals surface area contributed by atoms with Gasteiger partial charge < -0.3 is 28.4 Å². The molecule has 0 aromatic heterocycles. The van der Waals surface area contributed by atoms with E-state index in [1.54, 1.807) is 20.8 Å². The Hall–Kier alpha value is -4.53.